The van der Waals surface area contributed by atoms with Crippen molar-refractivity contribution in [3.05, 3.63) is 12.2 Å². The van der Waals surface area contributed by atoms with Crippen LogP contribution in [-0.2, 0) is 27.4 Å². The molecule has 3 rings (SSSR count). The molecule has 0 radical (unpaired) electrons. The van der Waals surface area contributed by atoms with Crippen molar-refractivity contribution < 1.29 is 14.3 Å². The smallest absolute Gasteiger partial charge is 0.307 e. The van der Waals surface area contributed by atoms with Gasteiger partial charge in [-0.05, 0) is 32.6 Å². The van der Waals surface area contributed by atoms with E-state index in [1.54, 1.807) is 18.3 Å². The van der Waals surface area contributed by atoms with Gasteiger partial charge in [-0.2, -0.15) is 0 Å². The van der Waals surface area contributed by atoms with Crippen molar-refractivity contribution in [2.24, 2.45) is 5.92 Å². The first kappa shape index (κ1) is 16.0. The van der Waals surface area contributed by atoms with Crippen molar-refractivity contribution in [3.8, 4) is 0 Å². The van der Waals surface area contributed by atoms with Crippen LogP contribution in [0.1, 0.15) is 51.3 Å². The molecule has 1 atom stereocenters. The Morgan fingerprint density at radius 2 is 2.17 bits per heavy atom. The van der Waals surface area contributed by atoms with Gasteiger partial charge >= 0.3 is 5.97 Å². The van der Waals surface area contributed by atoms with Gasteiger partial charge in [-0.3, -0.25) is 9.59 Å². The minimum atomic E-state index is -0.570. The average Bonchev–Trinajstić information content (AvgIpc) is 3.11. The number of ether oxygens (including phenoxy) is 1. The lowest BCUT2D eigenvalue weighted by Crippen LogP contribution is -2.46. The summed E-state index contributed by atoms with van der Waals surface area (Å²) in [7, 11) is 1.76. The number of hydrogen-bond acceptors (Lipinski definition) is 5. The molecule has 1 unspecified atom stereocenters. The highest BCUT2D eigenvalue weighted by Gasteiger charge is 2.53. The molecule has 126 valence electrons. The van der Waals surface area contributed by atoms with Gasteiger partial charge in [0.25, 0.3) is 0 Å². The summed E-state index contributed by atoms with van der Waals surface area (Å²) >= 11 is 0. The Morgan fingerprint density at radius 1 is 1.43 bits per heavy atom. The van der Waals surface area contributed by atoms with Crippen LogP contribution in [0.4, 0.5) is 0 Å². The Hall–Kier alpha value is -1.92. The van der Waals surface area contributed by atoms with Crippen molar-refractivity contribution in [1.29, 1.82) is 0 Å². The Labute approximate surface area is 136 Å². The maximum atomic E-state index is 12.9. The first-order chi connectivity index (χ1) is 11.1. The van der Waals surface area contributed by atoms with Crippen molar-refractivity contribution >= 4 is 11.9 Å². The molecule has 1 aliphatic heterocycles. The van der Waals surface area contributed by atoms with Gasteiger partial charge in [-0.25, -0.2) is 0 Å². The number of carbonyl (C=O) groups is 2. The molecule has 0 N–H and O–H groups in total. The molecule has 1 spiro atoms. The largest absolute Gasteiger partial charge is 0.458 e. The third kappa shape index (κ3) is 2.96. The molecule has 7 heteroatoms. The number of rotatable bonds is 4. The summed E-state index contributed by atoms with van der Waals surface area (Å²) in [6.07, 6.45) is 6.65. The molecular weight excluding hydrogens is 296 g/mol. The van der Waals surface area contributed by atoms with Crippen LogP contribution >= 0.6 is 0 Å². The van der Waals surface area contributed by atoms with Crippen LogP contribution in [0.5, 0.6) is 0 Å². The lowest BCUT2D eigenvalue weighted by molar-refractivity contribution is -0.155. The molecule has 0 aromatic carbocycles. The zero-order valence-electron chi connectivity index (χ0n) is 13.8. The summed E-state index contributed by atoms with van der Waals surface area (Å²) in [5.74, 6) is 0.128. The van der Waals surface area contributed by atoms with Crippen LogP contribution in [-0.4, -0.2) is 44.2 Å². The number of aryl methyl sites for hydroxylation is 1. The van der Waals surface area contributed by atoms with E-state index in [-0.39, 0.29) is 24.2 Å². The highest BCUT2D eigenvalue weighted by atomic mass is 16.6. The fraction of sp³-hybridized carbons (Fsp3) is 0.750. The summed E-state index contributed by atoms with van der Waals surface area (Å²) < 4.78 is 7.55. The fourth-order valence-corrected chi connectivity index (χ4v) is 3.83. The summed E-state index contributed by atoms with van der Waals surface area (Å²) in [4.78, 5) is 26.4. The topological polar surface area (TPSA) is 77.3 Å². The van der Waals surface area contributed by atoms with E-state index in [4.69, 9.17) is 4.74 Å². The van der Waals surface area contributed by atoms with Crippen LogP contribution in [0, 0.1) is 5.92 Å². The minimum absolute atomic E-state index is 0.0246. The monoisotopic (exact) mass is 320 g/mol. The second kappa shape index (κ2) is 6.29. The number of nitrogens with zero attached hydrogens (tertiary/aromatic N) is 4. The van der Waals surface area contributed by atoms with Gasteiger partial charge in [0.05, 0.1) is 18.9 Å². The number of amides is 1. The Morgan fingerprint density at radius 3 is 2.87 bits per heavy atom. The Kier molecular flexibility index (Phi) is 4.37. The molecule has 1 aliphatic carbocycles. The molecule has 2 heterocycles. The minimum Gasteiger partial charge on any atom is -0.458 e. The van der Waals surface area contributed by atoms with Crippen molar-refractivity contribution in [2.75, 3.05) is 7.05 Å². The van der Waals surface area contributed by atoms with Gasteiger partial charge in [-0.15, -0.1) is 10.2 Å². The molecule has 2 fully saturated rings. The van der Waals surface area contributed by atoms with E-state index in [0.717, 1.165) is 44.5 Å². The highest BCUT2D eigenvalue weighted by Crippen LogP contribution is 2.44. The number of aromatic nitrogens is 3. The second-order valence-corrected chi connectivity index (χ2v) is 6.58. The summed E-state index contributed by atoms with van der Waals surface area (Å²) in [5.41, 5.74) is -0.570. The molecule has 1 saturated carbocycles. The van der Waals surface area contributed by atoms with Crippen molar-refractivity contribution in [1.82, 2.24) is 19.7 Å². The molecule has 0 bridgehead atoms. The molecule has 1 aromatic heterocycles. The van der Waals surface area contributed by atoms with Crippen molar-refractivity contribution in [3.63, 3.8) is 0 Å². The van der Waals surface area contributed by atoms with Gasteiger partial charge in [0.2, 0.25) is 5.91 Å². The van der Waals surface area contributed by atoms with Crippen molar-refractivity contribution in [2.45, 2.75) is 64.1 Å². The molecular formula is C16H24N4O3. The van der Waals surface area contributed by atoms with E-state index in [9.17, 15) is 9.59 Å². The lowest BCUT2D eigenvalue weighted by atomic mass is 9.75. The summed E-state index contributed by atoms with van der Waals surface area (Å²) in [6.45, 7) is 3.17. The van der Waals surface area contributed by atoms with E-state index in [1.807, 2.05) is 11.5 Å². The first-order valence-electron chi connectivity index (χ1n) is 8.39. The quantitative estimate of drug-likeness (QED) is 0.786. The predicted molar refractivity (Wildman–Crippen MR) is 82.2 cm³/mol. The Balaban J connectivity index is 1.74. The number of carbonyl (C=O) groups excluding carboxylic acids is 2. The molecule has 1 amide bonds. The van der Waals surface area contributed by atoms with Crippen LogP contribution in [0.15, 0.2) is 6.33 Å². The third-order valence-electron chi connectivity index (χ3n) is 5.11. The molecule has 7 nitrogen and oxygen atoms in total. The maximum Gasteiger partial charge on any atom is 0.307 e. The lowest BCUT2D eigenvalue weighted by Gasteiger charge is -2.37. The normalized spacial score (nSPS) is 23.0. The predicted octanol–water partition coefficient (Wildman–Crippen LogP) is 1.52. The van der Waals surface area contributed by atoms with E-state index in [2.05, 4.69) is 10.2 Å². The Bertz CT molecular complexity index is 592. The van der Waals surface area contributed by atoms with Gasteiger partial charge in [0.15, 0.2) is 5.82 Å². The van der Waals surface area contributed by atoms with E-state index in [0.29, 0.717) is 6.54 Å². The molecule has 2 aliphatic rings. The third-order valence-corrected chi connectivity index (χ3v) is 5.11. The maximum absolute atomic E-state index is 12.9. The second-order valence-electron chi connectivity index (χ2n) is 6.58. The average molecular weight is 320 g/mol. The SMILES string of the molecule is CCn1cnnc1CN(C)C(=O)C1CC(=O)OC12CCCCC2. The van der Waals surface area contributed by atoms with Crippen LogP contribution in [0.2, 0.25) is 0 Å². The van der Waals surface area contributed by atoms with E-state index in [1.165, 1.54) is 0 Å². The summed E-state index contributed by atoms with van der Waals surface area (Å²) in [6, 6.07) is 0. The molecule has 1 saturated heterocycles. The first-order valence-corrected chi connectivity index (χ1v) is 8.39. The molecule has 23 heavy (non-hydrogen) atoms. The van der Waals surface area contributed by atoms with E-state index < -0.39 is 5.60 Å². The summed E-state index contributed by atoms with van der Waals surface area (Å²) in [5, 5.41) is 7.97. The number of esters is 1. The zero-order valence-corrected chi connectivity index (χ0v) is 13.8. The van der Waals surface area contributed by atoms with Gasteiger partial charge < -0.3 is 14.2 Å². The van der Waals surface area contributed by atoms with E-state index >= 15 is 0 Å². The van der Waals surface area contributed by atoms with Crippen LogP contribution in [0.3, 0.4) is 0 Å². The zero-order chi connectivity index (χ0) is 16.4. The standard InChI is InChI=1S/C16H24N4O3/c1-3-20-11-17-18-13(20)10-19(2)15(22)12-9-14(21)23-16(12)7-5-4-6-8-16/h11-12H,3-10H2,1-2H3. The van der Waals surface area contributed by atoms with Gasteiger partial charge in [-0.1, -0.05) is 6.42 Å². The van der Waals surface area contributed by atoms with Gasteiger partial charge in [0.1, 0.15) is 11.9 Å². The molecule has 1 aromatic rings. The highest BCUT2D eigenvalue weighted by molar-refractivity contribution is 5.87. The number of hydrogen-bond donors (Lipinski definition) is 0. The van der Waals surface area contributed by atoms with Gasteiger partial charge in [0, 0.05) is 13.6 Å². The van der Waals surface area contributed by atoms with Crippen LogP contribution < -0.4 is 0 Å². The van der Waals surface area contributed by atoms with Crippen LogP contribution in [0.25, 0.3) is 0 Å². The fourth-order valence-electron chi connectivity index (χ4n) is 3.83.